The van der Waals surface area contributed by atoms with Crippen LogP contribution in [0.1, 0.15) is 38.5 Å². The van der Waals surface area contributed by atoms with Gasteiger partial charge in [0.1, 0.15) is 0 Å². The first-order valence-electron chi connectivity index (χ1n) is 8.82. The van der Waals surface area contributed by atoms with Gasteiger partial charge in [-0.3, -0.25) is 0 Å². The van der Waals surface area contributed by atoms with Crippen molar-refractivity contribution in [2.75, 3.05) is 37.0 Å². The summed E-state index contributed by atoms with van der Waals surface area (Å²) in [5, 5.41) is 50.4. The molecule has 11 heteroatoms. The number of nitriles is 6. The van der Waals surface area contributed by atoms with E-state index < -0.39 is 15.8 Å². The van der Waals surface area contributed by atoms with E-state index in [0.717, 1.165) is 37.0 Å². The van der Waals surface area contributed by atoms with Gasteiger partial charge in [0.25, 0.3) is 0 Å². The molecule has 0 aliphatic heterocycles. The Bertz CT molecular complexity index is 486. The van der Waals surface area contributed by atoms with E-state index in [4.69, 9.17) is 50.6 Å². The van der Waals surface area contributed by atoms with Crippen LogP contribution in [-0.2, 0) is 15.9 Å². The van der Waals surface area contributed by atoms with Gasteiger partial charge in [0.2, 0.25) is 0 Å². The third-order valence-electron chi connectivity index (χ3n) is 3.54. The molecule has 0 rings (SSSR count). The molecular formula is C18H26Cl2N6P2Pd+2. The van der Waals surface area contributed by atoms with Gasteiger partial charge < -0.3 is 0 Å². The molecule has 0 saturated carbocycles. The number of halogens is 2. The quantitative estimate of drug-likeness (QED) is 0.233. The maximum absolute atomic E-state index is 8.40. The van der Waals surface area contributed by atoms with E-state index in [-0.39, 0.29) is 15.9 Å². The first-order valence-corrected chi connectivity index (χ1v) is 17.1. The van der Waals surface area contributed by atoms with Crippen LogP contribution < -0.4 is 0 Å². The Morgan fingerprint density at radius 3 is 0.690 bits per heavy atom. The second kappa shape index (κ2) is 31.7. The zero-order valence-electron chi connectivity index (χ0n) is 16.2. The molecule has 0 spiro atoms. The second-order valence-corrected chi connectivity index (χ2v) is 13.9. The van der Waals surface area contributed by atoms with Crippen molar-refractivity contribution in [2.24, 2.45) is 0 Å². The van der Waals surface area contributed by atoms with Crippen molar-refractivity contribution in [3.05, 3.63) is 0 Å². The summed E-state index contributed by atoms with van der Waals surface area (Å²) in [6, 6.07) is 12.7. The molecule has 0 bridgehead atoms. The first-order chi connectivity index (χ1) is 14.1. The Balaban J connectivity index is -0.000000410. The molecule has 0 atom stereocenters. The topological polar surface area (TPSA) is 143 Å². The Hall–Kier alpha value is -0.958. The van der Waals surface area contributed by atoms with Crippen molar-refractivity contribution in [3.8, 4) is 36.4 Å². The Labute approximate surface area is 193 Å². The third-order valence-corrected chi connectivity index (χ3v) is 9.28. The fourth-order valence-corrected chi connectivity index (χ4v) is 6.44. The molecule has 0 radical (unpaired) electrons. The summed E-state index contributed by atoms with van der Waals surface area (Å²) in [6.45, 7) is 0. The van der Waals surface area contributed by atoms with Crippen LogP contribution in [0.15, 0.2) is 0 Å². The maximum atomic E-state index is 8.40. The van der Waals surface area contributed by atoms with Gasteiger partial charge in [-0.2, -0.15) is 31.6 Å². The molecule has 0 aromatic rings. The normalized spacial score (nSPS) is 8.62. The van der Waals surface area contributed by atoms with Gasteiger partial charge in [-0.15, -0.1) is 0 Å². The summed E-state index contributed by atoms with van der Waals surface area (Å²) in [4.78, 5) is 0. The second-order valence-electron chi connectivity index (χ2n) is 5.49. The van der Waals surface area contributed by atoms with Crippen molar-refractivity contribution in [3.63, 3.8) is 0 Å². The fraction of sp³-hybridized carbons (Fsp3) is 0.667. The molecule has 0 aromatic carbocycles. The number of hydrogen-bond acceptors (Lipinski definition) is 6. The van der Waals surface area contributed by atoms with Crippen molar-refractivity contribution in [1.29, 1.82) is 31.6 Å². The zero-order chi connectivity index (χ0) is 22.6. The van der Waals surface area contributed by atoms with Crippen LogP contribution in [0.4, 0.5) is 0 Å². The van der Waals surface area contributed by atoms with Crippen molar-refractivity contribution in [1.82, 2.24) is 0 Å². The SMILES string of the molecule is N#CCC[PH+](CCC#N)CCC#N.N#CCC[PH+](CCC#N)CCC#N.[Cl][Pd][Cl]. The van der Waals surface area contributed by atoms with Crippen molar-refractivity contribution >= 4 is 34.9 Å². The van der Waals surface area contributed by atoms with E-state index in [9.17, 15) is 0 Å². The molecule has 0 amide bonds. The average molecular weight is 566 g/mol. The summed E-state index contributed by atoms with van der Waals surface area (Å²) >= 11 is -0.106. The fourth-order valence-electron chi connectivity index (χ4n) is 2.15. The molecule has 29 heavy (non-hydrogen) atoms. The molecule has 0 aliphatic rings. The van der Waals surface area contributed by atoms with E-state index in [1.54, 1.807) is 0 Å². The van der Waals surface area contributed by atoms with Gasteiger partial charge in [-0.1, -0.05) is 0 Å². The Morgan fingerprint density at radius 2 is 0.586 bits per heavy atom. The van der Waals surface area contributed by atoms with E-state index >= 15 is 0 Å². The number of hydrogen-bond donors (Lipinski definition) is 0. The summed E-state index contributed by atoms with van der Waals surface area (Å²) in [7, 11) is 8.43. The zero-order valence-corrected chi connectivity index (χ0v) is 21.3. The van der Waals surface area contributed by atoms with Gasteiger partial charge >= 0.3 is 35.0 Å². The summed E-state index contributed by atoms with van der Waals surface area (Å²) in [5.74, 6) is 0. The average Bonchev–Trinajstić information content (AvgIpc) is 2.73. The van der Waals surface area contributed by atoms with E-state index in [1.807, 2.05) is 0 Å². The molecule has 0 heterocycles. The van der Waals surface area contributed by atoms with Crippen LogP contribution >= 0.6 is 34.9 Å². The van der Waals surface area contributed by atoms with Crippen molar-refractivity contribution in [2.45, 2.75) is 38.5 Å². The molecule has 0 saturated heterocycles. The van der Waals surface area contributed by atoms with E-state index in [0.29, 0.717) is 38.5 Å². The van der Waals surface area contributed by atoms with Crippen LogP contribution in [-0.4, -0.2) is 37.0 Å². The Morgan fingerprint density at radius 1 is 0.448 bits per heavy atom. The molecule has 0 fully saturated rings. The van der Waals surface area contributed by atoms with Gasteiger partial charge in [0.15, 0.2) is 0 Å². The van der Waals surface area contributed by atoms with E-state index in [2.05, 4.69) is 36.4 Å². The standard InChI is InChI=1S/2C9H12N3P.2ClH.Pd/c2*10-4-1-7-13(8-2-5-11)9-3-6-12;;;/h2*1-3,7-9H2;2*1H;/q;;;;+2. The summed E-state index contributed by atoms with van der Waals surface area (Å²) in [5.41, 5.74) is 0. The number of rotatable bonds is 12. The summed E-state index contributed by atoms with van der Waals surface area (Å²) in [6.07, 6.45) is 8.97. The molecule has 6 nitrogen and oxygen atoms in total. The predicted octanol–water partition coefficient (Wildman–Crippen LogP) is 5.26. The first kappa shape index (κ1) is 32.7. The van der Waals surface area contributed by atoms with Gasteiger partial charge in [-0.05, 0) is 0 Å². The van der Waals surface area contributed by atoms with Gasteiger partial charge in [-0.25, -0.2) is 0 Å². The van der Waals surface area contributed by atoms with Crippen LogP contribution in [0, 0.1) is 68.0 Å². The molecule has 0 unspecified atom stereocenters. The molecule has 0 aliphatic carbocycles. The van der Waals surface area contributed by atoms with Crippen molar-refractivity contribution < 1.29 is 15.9 Å². The Kier molecular flexibility index (Phi) is 35.8. The number of nitrogens with zero attached hydrogens (tertiary/aromatic N) is 6. The van der Waals surface area contributed by atoms with Crippen LogP contribution in [0.25, 0.3) is 0 Å². The summed E-state index contributed by atoms with van der Waals surface area (Å²) < 4.78 is 0. The molecular weight excluding hydrogens is 540 g/mol. The molecule has 0 aromatic heterocycles. The molecule has 160 valence electrons. The van der Waals surface area contributed by atoms with Crippen LogP contribution in [0.2, 0.25) is 0 Å². The minimum absolute atomic E-state index is 0.106. The molecule has 0 N–H and O–H groups in total. The predicted molar refractivity (Wildman–Crippen MR) is 119 cm³/mol. The monoisotopic (exact) mass is 564 g/mol. The van der Waals surface area contributed by atoms with E-state index in [1.165, 1.54) is 0 Å². The minimum atomic E-state index is -0.600. The van der Waals surface area contributed by atoms with Gasteiger partial charge in [0, 0.05) is 15.8 Å². The third kappa shape index (κ3) is 31.9. The van der Waals surface area contributed by atoms with Crippen LogP contribution in [0.5, 0.6) is 0 Å². The van der Waals surface area contributed by atoms with Crippen LogP contribution in [0.3, 0.4) is 0 Å². The van der Waals surface area contributed by atoms with Gasteiger partial charge in [0.05, 0.1) is 112 Å².